The largest absolute Gasteiger partial charge is 0.289 e. The Kier molecular flexibility index (Phi) is 4.83. The summed E-state index contributed by atoms with van der Waals surface area (Å²) in [5.41, 5.74) is -0.441. The maximum Gasteiger partial charge on any atom is 0.289 e. The number of hydrogen-bond donors (Lipinski definition) is 1. The molecule has 1 aromatic rings. The Bertz CT molecular complexity index is 571. The molecule has 1 aromatic carbocycles. The number of nitro benzene ring substituents is 1. The third-order valence-electron chi connectivity index (χ3n) is 2.07. The van der Waals surface area contributed by atoms with Crippen LogP contribution in [0.3, 0.4) is 0 Å². The zero-order valence-corrected chi connectivity index (χ0v) is 10.9. The van der Waals surface area contributed by atoms with Crippen molar-refractivity contribution >= 4 is 27.3 Å². The molecule has 0 atom stereocenters. The number of nitrogens with one attached hydrogen (secondary N) is 1. The van der Waals surface area contributed by atoms with E-state index in [-0.39, 0.29) is 16.5 Å². The third-order valence-corrected chi connectivity index (χ3v) is 3.84. The Labute approximate surface area is 109 Å². The highest BCUT2D eigenvalue weighted by molar-refractivity contribution is 7.89. The zero-order valence-electron chi connectivity index (χ0n) is 9.30. The number of nitro groups is 1. The highest BCUT2D eigenvalue weighted by atomic mass is 35.5. The molecule has 1 rings (SSSR count). The van der Waals surface area contributed by atoms with Crippen LogP contribution in [0.15, 0.2) is 35.7 Å². The number of hydrogen-bond acceptors (Lipinski definition) is 4. The van der Waals surface area contributed by atoms with Crippen molar-refractivity contribution in [2.24, 2.45) is 0 Å². The van der Waals surface area contributed by atoms with Crippen molar-refractivity contribution in [1.82, 2.24) is 4.72 Å². The van der Waals surface area contributed by atoms with Gasteiger partial charge in [0.1, 0.15) is 5.02 Å². The van der Waals surface area contributed by atoms with Gasteiger partial charge in [-0.2, -0.15) is 0 Å². The molecule has 0 saturated carbocycles. The van der Waals surface area contributed by atoms with Crippen LogP contribution in [0.2, 0.25) is 5.02 Å². The fourth-order valence-electron chi connectivity index (χ4n) is 1.18. The number of sulfonamides is 1. The van der Waals surface area contributed by atoms with Gasteiger partial charge in [0, 0.05) is 12.6 Å². The highest BCUT2D eigenvalue weighted by Crippen LogP contribution is 2.26. The van der Waals surface area contributed by atoms with Crippen LogP contribution in [0.5, 0.6) is 0 Å². The second-order valence-corrected chi connectivity index (χ2v) is 5.52. The first-order valence-corrected chi connectivity index (χ1v) is 6.79. The molecule has 0 aliphatic carbocycles. The summed E-state index contributed by atoms with van der Waals surface area (Å²) in [7, 11) is -3.77. The van der Waals surface area contributed by atoms with Crippen molar-refractivity contribution in [2.45, 2.75) is 11.3 Å². The summed E-state index contributed by atoms with van der Waals surface area (Å²) in [5.74, 6) is 0. The standard InChI is InChI=1S/C10H11ClN2O4S/c1-2-3-6-12-18(16,17)8-4-5-9(11)10(7-8)13(14)15/h2,4-5,7,12H,1,3,6H2. The molecular formula is C10H11ClN2O4S. The normalized spacial score (nSPS) is 11.2. The first-order chi connectivity index (χ1) is 8.38. The highest BCUT2D eigenvalue weighted by Gasteiger charge is 2.19. The van der Waals surface area contributed by atoms with Gasteiger partial charge in [0.05, 0.1) is 9.82 Å². The van der Waals surface area contributed by atoms with Crippen LogP contribution in [-0.4, -0.2) is 19.9 Å². The maximum absolute atomic E-state index is 11.8. The van der Waals surface area contributed by atoms with E-state index < -0.39 is 20.6 Å². The van der Waals surface area contributed by atoms with E-state index in [4.69, 9.17) is 11.6 Å². The number of halogens is 1. The monoisotopic (exact) mass is 290 g/mol. The lowest BCUT2D eigenvalue weighted by atomic mass is 10.3. The lowest BCUT2D eigenvalue weighted by Gasteiger charge is -2.05. The second-order valence-electron chi connectivity index (χ2n) is 3.35. The van der Waals surface area contributed by atoms with Crippen molar-refractivity contribution in [3.05, 3.63) is 46.0 Å². The molecule has 0 heterocycles. The predicted octanol–water partition coefficient (Wildman–Crippen LogP) is 2.10. The molecule has 1 N–H and O–H groups in total. The summed E-state index contributed by atoms with van der Waals surface area (Å²) in [6, 6.07) is 3.33. The van der Waals surface area contributed by atoms with E-state index in [1.54, 1.807) is 6.08 Å². The SMILES string of the molecule is C=CCCNS(=O)(=O)c1ccc(Cl)c([N+](=O)[O-])c1. The molecule has 98 valence electrons. The molecule has 0 spiro atoms. The first-order valence-electron chi connectivity index (χ1n) is 4.93. The minimum absolute atomic E-state index is 0.106. The number of rotatable bonds is 6. The lowest BCUT2D eigenvalue weighted by Crippen LogP contribution is -2.24. The molecule has 0 radical (unpaired) electrons. The van der Waals surface area contributed by atoms with Gasteiger partial charge in [-0.25, -0.2) is 13.1 Å². The van der Waals surface area contributed by atoms with Crippen LogP contribution in [-0.2, 0) is 10.0 Å². The van der Waals surface area contributed by atoms with Crippen molar-refractivity contribution in [1.29, 1.82) is 0 Å². The first kappa shape index (κ1) is 14.6. The van der Waals surface area contributed by atoms with Crippen molar-refractivity contribution in [3.63, 3.8) is 0 Å². The average Bonchev–Trinajstić information content (AvgIpc) is 2.29. The van der Waals surface area contributed by atoms with Crippen molar-refractivity contribution in [2.75, 3.05) is 6.54 Å². The Morgan fingerprint density at radius 1 is 1.50 bits per heavy atom. The summed E-state index contributed by atoms with van der Waals surface area (Å²) < 4.78 is 25.9. The maximum atomic E-state index is 11.8. The van der Waals surface area contributed by atoms with Gasteiger partial charge in [-0.3, -0.25) is 10.1 Å². The van der Waals surface area contributed by atoms with Gasteiger partial charge in [-0.15, -0.1) is 6.58 Å². The van der Waals surface area contributed by atoms with Crippen LogP contribution in [0.25, 0.3) is 0 Å². The fraction of sp³-hybridized carbons (Fsp3) is 0.200. The molecular weight excluding hydrogens is 280 g/mol. The summed E-state index contributed by atoms with van der Waals surface area (Å²) in [4.78, 5) is 9.73. The molecule has 0 bridgehead atoms. The van der Waals surface area contributed by atoms with E-state index in [0.29, 0.717) is 6.42 Å². The van der Waals surface area contributed by atoms with Crippen molar-refractivity contribution in [3.8, 4) is 0 Å². The molecule has 0 aliphatic rings. The molecule has 0 fully saturated rings. The smallest absolute Gasteiger partial charge is 0.258 e. The van der Waals surface area contributed by atoms with E-state index >= 15 is 0 Å². The van der Waals surface area contributed by atoms with E-state index in [0.717, 1.165) is 6.07 Å². The van der Waals surface area contributed by atoms with Crippen LogP contribution < -0.4 is 4.72 Å². The minimum atomic E-state index is -3.77. The summed E-state index contributed by atoms with van der Waals surface area (Å²) in [6.45, 7) is 3.64. The van der Waals surface area contributed by atoms with Crippen LogP contribution in [0.4, 0.5) is 5.69 Å². The molecule has 18 heavy (non-hydrogen) atoms. The molecule has 0 unspecified atom stereocenters. The molecule has 8 heteroatoms. The lowest BCUT2D eigenvalue weighted by molar-refractivity contribution is -0.384. The molecule has 0 amide bonds. The van der Waals surface area contributed by atoms with Gasteiger partial charge in [-0.1, -0.05) is 17.7 Å². The van der Waals surface area contributed by atoms with Gasteiger partial charge in [0.25, 0.3) is 5.69 Å². The van der Waals surface area contributed by atoms with E-state index in [2.05, 4.69) is 11.3 Å². The van der Waals surface area contributed by atoms with Crippen molar-refractivity contribution < 1.29 is 13.3 Å². The zero-order chi connectivity index (χ0) is 13.8. The van der Waals surface area contributed by atoms with Gasteiger partial charge in [0.2, 0.25) is 10.0 Å². The third kappa shape index (κ3) is 3.52. The Morgan fingerprint density at radius 2 is 2.17 bits per heavy atom. The summed E-state index contributed by atoms with van der Waals surface area (Å²) in [5, 5.41) is 10.5. The van der Waals surface area contributed by atoms with Gasteiger partial charge >= 0.3 is 0 Å². The molecule has 0 aliphatic heterocycles. The predicted molar refractivity (Wildman–Crippen MR) is 68.1 cm³/mol. The number of nitrogens with zero attached hydrogens (tertiary/aromatic N) is 1. The quantitative estimate of drug-likeness (QED) is 0.376. The van der Waals surface area contributed by atoms with E-state index in [9.17, 15) is 18.5 Å². The molecule has 0 saturated heterocycles. The summed E-state index contributed by atoms with van der Waals surface area (Å²) in [6.07, 6.45) is 2.03. The average molecular weight is 291 g/mol. The van der Waals surface area contributed by atoms with Crippen LogP contribution in [0, 0.1) is 10.1 Å². The Balaban J connectivity index is 3.06. The summed E-state index contributed by atoms with van der Waals surface area (Å²) >= 11 is 5.60. The topological polar surface area (TPSA) is 89.3 Å². The van der Waals surface area contributed by atoms with Crippen LogP contribution in [0.1, 0.15) is 6.42 Å². The van der Waals surface area contributed by atoms with Crippen LogP contribution >= 0.6 is 11.6 Å². The van der Waals surface area contributed by atoms with Gasteiger partial charge < -0.3 is 0 Å². The van der Waals surface area contributed by atoms with Gasteiger partial charge in [0.15, 0.2) is 0 Å². The molecule has 6 nitrogen and oxygen atoms in total. The second kappa shape index (κ2) is 5.94. The minimum Gasteiger partial charge on any atom is -0.258 e. The van der Waals surface area contributed by atoms with Gasteiger partial charge in [-0.05, 0) is 18.6 Å². The number of benzene rings is 1. The molecule has 0 aromatic heterocycles. The van der Waals surface area contributed by atoms with E-state index in [1.165, 1.54) is 12.1 Å². The van der Waals surface area contributed by atoms with E-state index in [1.807, 2.05) is 0 Å². The Hall–Kier alpha value is -1.44. The Morgan fingerprint density at radius 3 is 2.72 bits per heavy atom. The fourth-order valence-corrected chi connectivity index (χ4v) is 2.43.